The summed E-state index contributed by atoms with van der Waals surface area (Å²) in [5.74, 6) is 0. The quantitative estimate of drug-likeness (QED) is 0.921. The van der Waals surface area contributed by atoms with Crippen LogP contribution >= 0.6 is 0 Å². The molecule has 110 valence electrons. The first-order valence-electron chi connectivity index (χ1n) is 7.17. The number of fused-ring (bicyclic) bond motifs is 1. The largest absolute Gasteiger partial charge is 0.381 e. The van der Waals surface area contributed by atoms with Gasteiger partial charge in [-0.15, -0.1) is 0 Å². The van der Waals surface area contributed by atoms with E-state index in [-0.39, 0.29) is 11.2 Å². The number of anilines is 1. The van der Waals surface area contributed by atoms with Crippen LogP contribution in [0.1, 0.15) is 23.1 Å². The predicted octanol–water partition coefficient (Wildman–Crippen LogP) is 1.18. The van der Waals surface area contributed by atoms with Crippen molar-refractivity contribution in [3.05, 3.63) is 61.9 Å². The van der Waals surface area contributed by atoms with Crippen molar-refractivity contribution in [2.24, 2.45) is 14.1 Å². The minimum Gasteiger partial charge on any atom is -0.381 e. The lowest BCUT2D eigenvalue weighted by molar-refractivity contribution is 0.671. The molecular formula is C16H19N3O2. The van der Waals surface area contributed by atoms with Crippen molar-refractivity contribution in [3.63, 3.8) is 0 Å². The summed E-state index contributed by atoms with van der Waals surface area (Å²) in [6.07, 6.45) is 5.12. The van der Waals surface area contributed by atoms with E-state index >= 15 is 0 Å². The molecule has 1 aliphatic rings. The average molecular weight is 285 g/mol. The number of aryl methyl sites for hydroxylation is 3. The van der Waals surface area contributed by atoms with Crippen LogP contribution < -0.4 is 16.6 Å². The Kier molecular flexibility index (Phi) is 3.41. The molecule has 2 aromatic rings. The maximum Gasteiger partial charge on any atom is 0.330 e. The Bertz CT molecular complexity index is 802. The Morgan fingerprint density at radius 2 is 1.90 bits per heavy atom. The van der Waals surface area contributed by atoms with Crippen molar-refractivity contribution >= 4 is 5.69 Å². The SMILES string of the molecule is Cn1cc(CNc2ccc3c(c2)CCC3)c(=O)n(C)c1=O. The lowest BCUT2D eigenvalue weighted by Crippen LogP contribution is -2.38. The van der Waals surface area contributed by atoms with Crippen molar-refractivity contribution in [3.8, 4) is 0 Å². The van der Waals surface area contributed by atoms with Gasteiger partial charge < -0.3 is 9.88 Å². The molecule has 5 heteroatoms. The van der Waals surface area contributed by atoms with Gasteiger partial charge in [0.1, 0.15) is 0 Å². The molecule has 0 aliphatic heterocycles. The van der Waals surface area contributed by atoms with Gasteiger partial charge in [0, 0.05) is 32.5 Å². The molecule has 1 aromatic heterocycles. The Balaban J connectivity index is 1.82. The first-order chi connectivity index (χ1) is 10.1. The standard InChI is InChI=1S/C16H19N3O2/c1-18-10-13(15(20)19(2)16(18)21)9-17-14-7-6-11-4-3-5-12(11)8-14/h6-8,10,17H,3-5,9H2,1-2H3. The third-order valence-electron chi connectivity index (χ3n) is 4.10. The molecule has 0 saturated heterocycles. The maximum absolute atomic E-state index is 12.1. The van der Waals surface area contributed by atoms with Crippen molar-refractivity contribution in [1.82, 2.24) is 9.13 Å². The number of hydrogen-bond acceptors (Lipinski definition) is 3. The molecule has 1 aliphatic carbocycles. The molecule has 1 heterocycles. The Morgan fingerprint density at radius 3 is 2.71 bits per heavy atom. The molecule has 5 nitrogen and oxygen atoms in total. The zero-order valence-electron chi connectivity index (χ0n) is 12.3. The molecule has 0 amide bonds. The van der Waals surface area contributed by atoms with E-state index in [0.29, 0.717) is 12.1 Å². The molecule has 0 atom stereocenters. The molecule has 0 fully saturated rings. The van der Waals surface area contributed by atoms with Gasteiger partial charge in [0.05, 0.1) is 5.56 Å². The summed E-state index contributed by atoms with van der Waals surface area (Å²) >= 11 is 0. The summed E-state index contributed by atoms with van der Waals surface area (Å²) in [5.41, 5.74) is 3.88. The molecule has 0 bridgehead atoms. The van der Waals surface area contributed by atoms with Crippen LogP contribution in [0.3, 0.4) is 0 Å². The van der Waals surface area contributed by atoms with Gasteiger partial charge in [-0.1, -0.05) is 6.07 Å². The highest BCUT2D eigenvalue weighted by Crippen LogP contribution is 2.24. The number of hydrogen-bond donors (Lipinski definition) is 1. The highest BCUT2D eigenvalue weighted by atomic mass is 16.2. The lowest BCUT2D eigenvalue weighted by atomic mass is 10.1. The highest BCUT2D eigenvalue weighted by molar-refractivity contribution is 5.50. The fourth-order valence-corrected chi connectivity index (χ4v) is 2.88. The molecule has 1 aromatic carbocycles. The van der Waals surface area contributed by atoms with Crippen molar-refractivity contribution in [2.45, 2.75) is 25.8 Å². The average Bonchev–Trinajstić information content (AvgIpc) is 2.95. The second kappa shape index (κ2) is 5.24. The van der Waals surface area contributed by atoms with Crippen LogP contribution in [-0.4, -0.2) is 9.13 Å². The number of benzene rings is 1. The Morgan fingerprint density at radius 1 is 1.14 bits per heavy atom. The van der Waals surface area contributed by atoms with Crippen LogP contribution in [0.2, 0.25) is 0 Å². The molecule has 0 spiro atoms. The third-order valence-corrected chi connectivity index (χ3v) is 4.10. The Labute approximate surface area is 122 Å². The van der Waals surface area contributed by atoms with Crippen LogP contribution in [0.25, 0.3) is 0 Å². The first-order valence-corrected chi connectivity index (χ1v) is 7.17. The number of nitrogens with zero attached hydrogens (tertiary/aromatic N) is 2. The van der Waals surface area contributed by atoms with Gasteiger partial charge in [-0.05, 0) is 42.5 Å². The van der Waals surface area contributed by atoms with Crippen molar-refractivity contribution < 1.29 is 0 Å². The summed E-state index contributed by atoms with van der Waals surface area (Å²) in [7, 11) is 3.16. The summed E-state index contributed by atoms with van der Waals surface area (Å²) < 4.78 is 2.57. The van der Waals surface area contributed by atoms with E-state index in [0.717, 1.165) is 23.1 Å². The topological polar surface area (TPSA) is 56.0 Å². The normalized spacial score (nSPS) is 13.2. The van der Waals surface area contributed by atoms with E-state index in [1.165, 1.54) is 29.2 Å². The molecule has 0 saturated carbocycles. The van der Waals surface area contributed by atoms with Crippen LogP contribution in [-0.2, 0) is 33.5 Å². The summed E-state index contributed by atoms with van der Waals surface area (Å²) in [6.45, 7) is 0.416. The van der Waals surface area contributed by atoms with E-state index in [2.05, 4.69) is 23.5 Å². The van der Waals surface area contributed by atoms with Gasteiger partial charge >= 0.3 is 5.69 Å². The molecular weight excluding hydrogens is 266 g/mol. The van der Waals surface area contributed by atoms with Crippen LogP contribution in [0, 0.1) is 0 Å². The lowest BCUT2D eigenvalue weighted by Gasteiger charge is -2.10. The number of nitrogens with one attached hydrogen (secondary N) is 1. The minimum atomic E-state index is -0.304. The Hall–Kier alpha value is -2.30. The zero-order chi connectivity index (χ0) is 15.0. The van der Waals surface area contributed by atoms with Crippen LogP contribution in [0.5, 0.6) is 0 Å². The predicted molar refractivity (Wildman–Crippen MR) is 82.7 cm³/mol. The van der Waals surface area contributed by atoms with Crippen LogP contribution in [0.15, 0.2) is 34.0 Å². The fourth-order valence-electron chi connectivity index (χ4n) is 2.88. The molecule has 0 radical (unpaired) electrons. The number of aromatic nitrogens is 2. The van der Waals surface area contributed by atoms with Crippen molar-refractivity contribution in [2.75, 3.05) is 5.32 Å². The summed E-state index contributed by atoms with van der Waals surface area (Å²) in [4.78, 5) is 23.7. The summed E-state index contributed by atoms with van der Waals surface area (Å²) in [5, 5.41) is 3.28. The fraction of sp³-hybridized carbons (Fsp3) is 0.375. The second-order valence-electron chi connectivity index (χ2n) is 5.60. The minimum absolute atomic E-state index is 0.244. The second-order valence-corrected chi connectivity index (χ2v) is 5.60. The van der Waals surface area contributed by atoms with E-state index < -0.39 is 0 Å². The molecule has 1 N–H and O–H groups in total. The first kappa shape index (κ1) is 13.7. The molecule has 0 unspecified atom stereocenters. The maximum atomic E-state index is 12.1. The van der Waals surface area contributed by atoms with Gasteiger partial charge in [-0.25, -0.2) is 4.79 Å². The van der Waals surface area contributed by atoms with Crippen molar-refractivity contribution in [1.29, 1.82) is 0 Å². The van der Waals surface area contributed by atoms with Gasteiger partial charge in [0.25, 0.3) is 5.56 Å². The van der Waals surface area contributed by atoms with Gasteiger partial charge in [-0.2, -0.15) is 0 Å². The van der Waals surface area contributed by atoms with Crippen LogP contribution in [0.4, 0.5) is 5.69 Å². The summed E-state index contributed by atoms with van der Waals surface area (Å²) in [6, 6.07) is 6.37. The monoisotopic (exact) mass is 285 g/mol. The van der Waals surface area contributed by atoms with Gasteiger partial charge in [0.15, 0.2) is 0 Å². The van der Waals surface area contributed by atoms with E-state index in [4.69, 9.17) is 0 Å². The molecule has 3 rings (SSSR count). The van der Waals surface area contributed by atoms with Gasteiger partial charge in [-0.3, -0.25) is 9.36 Å². The van der Waals surface area contributed by atoms with E-state index in [1.807, 2.05) is 0 Å². The zero-order valence-corrected chi connectivity index (χ0v) is 12.3. The van der Waals surface area contributed by atoms with E-state index in [1.54, 1.807) is 13.2 Å². The highest BCUT2D eigenvalue weighted by Gasteiger charge is 2.11. The van der Waals surface area contributed by atoms with Gasteiger partial charge in [0.2, 0.25) is 0 Å². The third kappa shape index (κ3) is 2.51. The number of rotatable bonds is 3. The smallest absolute Gasteiger partial charge is 0.330 e. The van der Waals surface area contributed by atoms with E-state index in [9.17, 15) is 9.59 Å². The molecule has 21 heavy (non-hydrogen) atoms.